The first-order chi connectivity index (χ1) is 14.8. The Balaban J connectivity index is 0.000000389. The SMILES string of the molecule is COC(=O)/C=C(/Nc1cccc(C(F)(F)F)c1)C(=O)OC.Nc1cccc(C(F)(F)F)c1. The lowest BCUT2D eigenvalue weighted by Crippen LogP contribution is -2.16. The van der Waals surface area contributed by atoms with E-state index in [4.69, 9.17) is 5.73 Å². The lowest BCUT2D eigenvalue weighted by molar-refractivity contribution is -0.138. The van der Waals surface area contributed by atoms with Crippen LogP contribution in [0, 0.1) is 0 Å². The van der Waals surface area contributed by atoms with Crippen molar-refractivity contribution >= 4 is 23.3 Å². The van der Waals surface area contributed by atoms with Crippen LogP contribution in [0.15, 0.2) is 60.3 Å². The summed E-state index contributed by atoms with van der Waals surface area (Å²) < 4.78 is 82.3. The molecule has 6 nitrogen and oxygen atoms in total. The van der Waals surface area contributed by atoms with Crippen molar-refractivity contribution in [3.63, 3.8) is 0 Å². The molecule has 0 amide bonds. The van der Waals surface area contributed by atoms with Gasteiger partial charge < -0.3 is 20.5 Å². The molecule has 12 heteroatoms. The summed E-state index contributed by atoms with van der Waals surface area (Å²) in [4.78, 5) is 22.6. The number of benzene rings is 2. The summed E-state index contributed by atoms with van der Waals surface area (Å²) in [6, 6.07) is 8.73. The van der Waals surface area contributed by atoms with E-state index >= 15 is 0 Å². The summed E-state index contributed by atoms with van der Waals surface area (Å²) in [5.41, 5.74) is 3.31. The Morgan fingerprint density at radius 1 is 0.875 bits per heavy atom. The Morgan fingerprint density at radius 2 is 1.41 bits per heavy atom. The van der Waals surface area contributed by atoms with Gasteiger partial charge in [-0.05, 0) is 36.4 Å². The van der Waals surface area contributed by atoms with Crippen LogP contribution < -0.4 is 11.1 Å². The number of anilines is 2. The van der Waals surface area contributed by atoms with Gasteiger partial charge in [-0.2, -0.15) is 26.3 Å². The smallest absolute Gasteiger partial charge is 0.416 e. The summed E-state index contributed by atoms with van der Waals surface area (Å²) in [6.07, 6.45) is -8.03. The minimum Gasteiger partial charge on any atom is -0.466 e. The topological polar surface area (TPSA) is 90.6 Å². The van der Waals surface area contributed by atoms with E-state index in [0.29, 0.717) is 0 Å². The molecule has 2 aromatic carbocycles. The minimum atomic E-state index is -4.52. The van der Waals surface area contributed by atoms with Gasteiger partial charge in [0.2, 0.25) is 0 Å². The molecular formula is C20H18F6N2O4. The van der Waals surface area contributed by atoms with Crippen molar-refractivity contribution in [2.45, 2.75) is 12.4 Å². The highest BCUT2D eigenvalue weighted by molar-refractivity contribution is 5.98. The van der Waals surface area contributed by atoms with Crippen LogP contribution in [0.4, 0.5) is 37.7 Å². The quantitative estimate of drug-likeness (QED) is 0.297. The highest BCUT2D eigenvalue weighted by atomic mass is 19.4. The second-order valence-electron chi connectivity index (χ2n) is 5.90. The second-order valence-corrected chi connectivity index (χ2v) is 5.90. The number of carbonyl (C=O) groups excluding carboxylic acids is 2. The second kappa shape index (κ2) is 11.1. The molecule has 2 aromatic rings. The van der Waals surface area contributed by atoms with Crippen LogP contribution >= 0.6 is 0 Å². The molecule has 32 heavy (non-hydrogen) atoms. The van der Waals surface area contributed by atoms with Crippen LogP contribution in [0.5, 0.6) is 0 Å². The van der Waals surface area contributed by atoms with Gasteiger partial charge in [-0.25, -0.2) is 9.59 Å². The molecule has 0 fully saturated rings. The third-order valence-corrected chi connectivity index (χ3v) is 3.55. The summed E-state index contributed by atoms with van der Waals surface area (Å²) in [5, 5.41) is 2.39. The third kappa shape index (κ3) is 8.58. The number of ether oxygens (including phenoxy) is 2. The van der Waals surface area contributed by atoms with E-state index in [-0.39, 0.29) is 17.1 Å². The molecule has 0 aliphatic rings. The summed E-state index contributed by atoms with van der Waals surface area (Å²) in [7, 11) is 2.17. The molecule has 0 aliphatic carbocycles. The van der Waals surface area contributed by atoms with Gasteiger partial charge in [0.1, 0.15) is 5.70 Å². The van der Waals surface area contributed by atoms with Crippen molar-refractivity contribution in [2.75, 3.05) is 25.3 Å². The Bertz CT molecular complexity index is 971. The monoisotopic (exact) mass is 464 g/mol. The third-order valence-electron chi connectivity index (χ3n) is 3.55. The number of methoxy groups -OCH3 is 2. The fourth-order valence-electron chi connectivity index (χ4n) is 2.08. The number of nitrogens with two attached hydrogens (primary N) is 1. The van der Waals surface area contributed by atoms with Crippen molar-refractivity contribution in [1.29, 1.82) is 0 Å². The van der Waals surface area contributed by atoms with Crippen LogP contribution in [-0.2, 0) is 31.4 Å². The van der Waals surface area contributed by atoms with E-state index < -0.39 is 35.4 Å². The van der Waals surface area contributed by atoms with Gasteiger partial charge in [0, 0.05) is 11.4 Å². The normalized spacial score (nSPS) is 11.7. The highest BCUT2D eigenvalue weighted by Gasteiger charge is 2.31. The van der Waals surface area contributed by atoms with Crippen molar-refractivity contribution in [2.24, 2.45) is 0 Å². The van der Waals surface area contributed by atoms with Crippen molar-refractivity contribution in [3.8, 4) is 0 Å². The molecule has 0 radical (unpaired) electrons. The zero-order valence-electron chi connectivity index (χ0n) is 16.7. The molecular weight excluding hydrogens is 446 g/mol. The van der Waals surface area contributed by atoms with Crippen LogP contribution in [0.1, 0.15) is 11.1 Å². The van der Waals surface area contributed by atoms with Crippen LogP contribution in [0.2, 0.25) is 0 Å². The maximum atomic E-state index is 12.6. The largest absolute Gasteiger partial charge is 0.466 e. The summed E-state index contributed by atoms with van der Waals surface area (Å²) >= 11 is 0. The molecule has 0 saturated heterocycles. The first kappa shape index (κ1) is 26.3. The molecule has 0 aliphatic heterocycles. The molecule has 3 N–H and O–H groups in total. The number of carbonyl (C=O) groups is 2. The highest BCUT2D eigenvalue weighted by Crippen LogP contribution is 2.31. The summed E-state index contributed by atoms with van der Waals surface area (Å²) in [6.45, 7) is 0. The van der Waals surface area contributed by atoms with Crippen LogP contribution in [0.25, 0.3) is 0 Å². The zero-order chi connectivity index (χ0) is 24.5. The van der Waals surface area contributed by atoms with E-state index in [9.17, 15) is 35.9 Å². The Labute approximate surface area is 178 Å². The van der Waals surface area contributed by atoms with Gasteiger partial charge in [0.25, 0.3) is 0 Å². The van der Waals surface area contributed by atoms with Gasteiger partial charge >= 0.3 is 24.3 Å². The van der Waals surface area contributed by atoms with Crippen molar-refractivity contribution in [1.82, 2.24) is 0 Å². The number of halogens is 6. The van der Waals surface area contributed by atoms with E-state index in [0.717, 1.165) is 50.6 Å². The van der Waals surface area contributed by atoms with E-state index in [1.54, 1.807) is 0 Å². The molecule has 0 bridgehead atoms. The number of hydrogen-bond acceptors (Lipinski definition) is 6. The lowest BCUT2D eigenvalue weighted by Gasteiger charge is -2.11. The predicted molar refractivity (Wildman–Crippen MR) is 103 cm³/mol. The number of hydrogen-bond donors (Lipinski definition) is 2. The number of nitrogen functional groups attached to an aromatic ring is 1. The van der Waals surface area contributed by atoms with Crippen molar-refractivity contribution < 1.29 is 45.4 Å². The average molecular weight is 464 g/mol. The Hall–Kier alpha value is -3.70. The number of nitrogens with one attached hydrogen (secondary N) is 1. The number of alkyl halides is 6. The standard InChI is InChI=1S/C13H12F3NO4.C7H6F3N/c1-20-11(18)7-10(12(19)21-2)17-9-5-3-4-8(6-9)13(14,15)16;8-7(9,10)5-2-1-3-6(11)4-5/h3-7,17H,1-2H3;1-4H,11H2/b10-7+;. The Morgan fingerprint density at radius 3 is 1.84 bits per heavy atom. The van der Waals surface area contributed by atoms with E-state index in [1.807, 2.05) is 0 Å². The molecule has 0 spiro atoms. The summed E-state index contributed by atoms with van der Waals surface area (Å²) in [5.74, 6) is -1.77. The van der Waals surface area contributed by atoms with Gasteiger partial charge in [-0.1, -0.05) is 12.1 Å². The molecule has 0 saturated carbocycles. The lowest BCUT2D eigenvalue weighted by atomic mass is 10.2. The molecule has 0 aromatic heterocycles. The fourth-order valence-corrected chi connectivity index (χ4v) is 2.08. The molecule has 2 rings (SSSR count). The number of esters is 2. The molecule has 0 heterocycles. The van der Waals surface area contributed by atoms with Gasteiger partial charge in [0.05, 0.1) is 31.4 Å². The van der Waals surface area contributed by atoms with E-state index in [2.05, 4.69) is 14.8 Å². The number of rotatable bonds is 4. The van der Waals surface area contributed by atoms with Crippen LogP contribution in [0.3, 0.4) is 0 Å². The maximum Gasteiger partial charge on any atom is 0.416 e. The molecule has 0 atom stereocenters. The van der Waals surface area contributed by atoms with Gasteiger partial charge in [-0.3, -0.25) is 0 Å². The van der Waals surface area contributed by atoms with Crippen LogP contribution in [-0.4, -0.2) is 26.2 Å². The fraction of sp³-hybridized carbons (Fsp3) is 0.200. The first-order valence-electron chi connectivity index (χ1n) is 8.53. The average Bonchev–Trinajstić information content (AvgIpc) is 2.72. The van der Waals surface area contributed by atoms with Crippen molar-refractivity contribution in [3.05, 3.63) is 71.4 Å². The Kier molecular flexibility index (Phi) is 9.11. The van der Waals surface area contributed by atoms with Gasteiger partial charge in [0.15, 0.2) is 0 Å². The molecule has 0 unspecified atom stereocenters. The molecule has 174 valence electrons. The maximum absolute atomic E-state index is 12.6. The van der Waals surface area contributed by atoms with E-state index in [1.165, 1.54) is 18.2 Å². The predicted octanol–water partition coefficient (Wildman–Crippen LogP) is 4.63. The minimum absolute atomic E-state index is 0.0228. The van der Waals surface area contributed by atoms with Gasteiger partial charge in [-0.15, -0.1) is 0 Å². The zero-order valence-corrected chi connectivity index (χ0v) is 16.7. The first-order valence-corrected chi connectivity index (χ1v) is 8.53.